The Bertz CT molecular complexity index is 620. The second-order valence-corrected chi connectivity index (χ2v) is 8.30. The van der Waals surface area contributed by atoms with E-state index in [4.69, 9.17) is 9.47 Å². The zero-order valence-corrected chi connectivity index (χ0v) is 16.6. The van der Waals surface area contributed by atoms with Crippen molar-refractivity contribution in [2.45, 2.75) is 72.0 Å². The monoisotopic (exact) mass is 362 g/mol. The third-order valence-corrected chi connectivity index (χ3v) is 3.36. The van der Waals surface area contributed by atoms with Gasteiger partial charge >= 0.3 is 11.9 Å². The zero-order chi connectivity index (χ0) is 20.0. The van der Waals surface area contributed by atoms with Crippen molar-refractivity contribution in [3.63, 3.8) is 0 Å². The summed E-state index contributed by atoms with van der Waals surface area (Å²) in [7, 11) is 0. The molecule has 5 nitrogen and oxygen atoms in total. The first kappa shape index (κ1) is 21.9. The minimum absolute atomic E-state index is 0.151. The molecule has 0 aromatic heterocycles. The van der Waals surface area contributed by atoms with Gasteiger partial charge in [-0.3, -0.25) is 14.4 Å². The lowest BCUT2D eigenvalue weighted by atomic mass is 9.92. The van der Waals surface area contributed by atoms with Crippen LogP contribution in [-0.2, 0) is 19.1 Å². The molecule has 1 atom stereocenters. The van der Waals surface area contributed by atoms with E-state index in [2.05, 4.69) is 0 Å². The van der Waals surface area contributed by atoms with Crippen molar-refractivity contribution in [3.05, 3.63) is 35.9 Å². The topological polar surface area (TPSA) is 69.7 Å². The Kier molecular flexibility index (Phi) is 7.54. The van der Waals surface area contributed by atoms with E-state index >= 15 is 0 Å². The second kappa shape index (κ2) is 8.97. The van der Waals surface area contributed by atoms with Crippen LogP contribution in [0.5, 0.6) is 0 Å². The second-order valence-electron chi connectivity index (χ2n) is 8.30. The molecule has 0 aliphatic rings. The minimum Gasteiger partial charge on any atom is -0.460 e. The van der Waals surface area contributed by atoms with Crippen molar-refractivity contribution in [1.29, 1.82) is 0 Å². The Morgan fingerprint density at radius 3 is 1.92 bits per heavy atom. The molecule has 0 saturated carbocycles. The first-order chi connectivity index (χ1) is 11.9. The summed E-state index contributed by atoms with van der Waals surface area (Å²) in [6.45, 7) is 10.7. The summed E-state index contributed by atoms with van der Waals surface area (Å²) in [6, 6.07) is 8.66. The molecule has 26 heavy (non-hydrogen) atoms. The summed E-state index contributed by atoms with van der Waals surface area (Å²) in [5.41, 5.74) is -0.778. The fourth-order valence-electron chi connectivity index (χ4n) is 2.38. The smallest absolute Gasteiger partial charge is 0.317 e. The highest BCUT2D eigenvalue weighted by molar-refractivity contribution is 6.08. The Morgan fingerprint density at radius 2 is 1.42 bits per heavy atom. The molecule has 1 unspecified atom stereocenters. The minimum atomic E-state index is -0.931. The Hall–Kier alpha value is -2.17. The number of ketones is 1. The van der Waals surface area contributed by atoms with Crippen LogP contribution in [0.2, 0.25) is 0 Å². The molecular formula is C21H30O5. The van der Waals surface area contributed by atoms with E-state index in [0.29, 0.717) is 12.0 Å². The van der Waals surface area contributed by atoms with Crippen LogP contribution in [0.4, 0.5) is 0 Å². The van der Waals surface area contributed by atoms with Crippen LogP contribution in [0.3, 0.4) is 0 Å². The number of carbonyl (C=O) groups is 3. The van der Waals surface area contributed by atoms with Gasteiger partial charge in [0, 0.05) is 12.0 Å². The lowest BCUT2D eigenvalue weighted by Gasteiger charge is -2.24. The SMILES string of the molecule is CC(C)(C)OC(=O)CCCC(C(=O)OC(C)(C)C)C(=O)c1ccccc1. The predicted octanol–water partition coefficient (Wildman–Crippen LogP) is 4.34. The zero-order valence-electron chi connectivity index (χ0n) is 16.6. The molecule has 1 aromatic rings. The van der Waals surface area contributed by atoms with Crippen LogP contribution in [0, 0.1) is 5.92 Å². The molecule has 0 bridgehead atoms. The quantitative estimate of drug-likeness (QED) is 0.410. The van der Waals surface area contributed by atoms with Crippen molar-refractivity contribution < 1.29 is 23.9 Å². The maximum atomic E-state index is 12.8. The molecule has 0 aliphatic heterocycles. The third kappa shape index (κ3) is 8.28. The van der Waals surface area contributed by atoms with Crippen molar-refractivity contribution in [2.24, 2.45) is 5.92 Å². The summed E-state index contributed by atoms with van der Waals surface area (Å²) in [5.74, 6) is -2.12. The van der Waals surface area contributed by atoms with Crippen LogP contribution in [0.1, 0.15) is 71.2 Å². The highest BCUT2D eigenvalue weighted by Crippen LogP contribution is 2.21. The Morgan fingerprint density at radius 1 is 0.885 bits per heavy atom. The fourth-order valence-corrected chi connectivity index (χ4v) is 2.38. The van der Waals surface area contributed by atoms with E-state index in [1.165, 1.54) is 0 Å². The normalized spacial score (nSPS) is 13.0. The fraction of sp³-hybridized carbons (Fsp3) is 0.571. The average molecular weight is 362 g/mol. The van der Waals surface area contributed by atoms with Gasteiger partial charge in [0.15, 0.2) is 5.78 Å². The van der Waals surface area contributed by atoms with Gasteiger partial charge in [0.25, 0.3) is 0 Å². The van der Waals surface area contributed by atoms with Crippen LogP contribution in [-0.4, -0.2) is 28.9 Å². The molecular weight excluding hydrogens is 332 g/mol. The highest BCUT2D eigenvalue weighted by Gasteiger charge is 2.31. The summed E-state index contributed by atoms with van der Waals surface area (Å²) in [5, 5.41) is 0. The van der Waals surface area contributed by atoms with Gasteiger partial charge in [0.1, 0.15) is 17.1 Å². The lowest BCUT2D eigenvalue weighted by molar-refractivity contribution is -0.159. The van der Waals surface area contributed by atoms with Crippen LogP contribution in [0.25, 0.3) is 0 Å². The maximum Gasteiger partial charge on any atom is 0.317 e. The van der Waals surface area contributed by atoms with Gasteiger partial charge in [-0.25, -0.2) is 0 Å². The van der Waals surface area contributed by atoms with E-state index in [-0.39, 0.29) is 24.6 Å². The third-order valence-electron chi connectivity index (χ3n) is 3.36. The molecule has 0 saturated heterocycles. The van der Waals surface area contributed by atoms with Crippen LogP contribution in [0.15, 0.2) is 30.3 Å². The number of hydrogen-bond acceptors (Lipinski definition) is 5. The molecule has 0 amide bonds. The van der Waals surface area contributed by atoms with Gasteiger partial charge in [-0.05, 0) is 54.4 Å². The number of carbonyl (C=O) groups excluding carboxylic acids is 3. The molecule has 1 rings (SSSR count). The molecule has 5 heteroatoms. The van der Waals surface area contributed by atoms with Gasteiger partial charge in [-0.15, -0.1) is 0 Å². The molecule has 0 N–H and O–H groups in total. The van der Waals surface area contributed by atoms with E-state index in [9.17, 15) is 14.4 Å². The van der Waals surface area contributed by atoms with E-state index in [1.54, 1.807) is 65.8 Å². The van der Waals surface area contributed by atoms with Gasteiger partial charge in [0.05, 0.1) is 0 Å². The average Bonchev–Trinajstić information content (AvgIpc) is 2.48. The number of hydrogen-bond donors (Lipinski definition) is 0. The van der Waals surface area contributed by atoms with Crippen molar-refractivity contribution in [1.82, 2.24) is 0 Å². The number of benzene rings is 1. The summed E-state index contributed by atoms with van der Waals surface area (Å²) in [6.07, 6.45) is 0.762. The molecule has 0 radical (unpaired) electrons. The molecule has 0 heterocycles. The first-order valence-corrected chi connectivity index (χ1v) is 8.93. The van der Waals surface area contributed by atoms with Gasteiger partial charge in [0.2, 0.25) is 0 Å². The van der Waals surface area contributed by atoms with E-state index < -0.39 is 23.1 Å². The molecule has 0 aliphatic carbocycles. The number of Topliss-reactive ketones (excluding diaryl/α,β-unsaturated/α-hetero) is 1. The summed E-state index contributed by atoms with van der Waals surface area (Å²) >= 11 is 0. The summed E-state index contributed by atoms with van der Waals surface area (Å²) in [4.78, 5) is 37.1. The molecule has 0 spiro atoms. The Labute approximate surface area is 156 Å². The van der Waals surface area contributed by atoms with Crippen LogP contribution < -0.4 is 0 Å². The van der Waals surface area contributed by atoms with Crippen molar-refractivity contribution in [2.75, 3.05) is 0 Å². The predicted molar refractivity (Wildman–Crippen MR) is 99.8 cm³/mol. The molecule has 144 valence electrons. The Balaban J connectivity index is 2.80. The van der Waals surface area contributed by atoms with Gasteiger partial charge < -0.3 is 9.47 Å². The summed E-state index contributed by atoms with van der Waals surface area (Å²) < 4.78 is 10.7. The highest BCUT2D eigenvalue weighted by atomic mass is 16.6. The largest absolute Gasteiger partial charge is 0.460 e. The van der Waals surface area contributed by atoms with Crippen molar-refractivity contribution >= 4 is 17.7 Å². The van der Waals surface area contributed by atoms with E-state index in [1.807, 2.05) is 6.07 Å². The number of rotatable bonds is 7. The van der Waals surface area contributed by atoms with Crippen molar-refractivity contribution in [3.8, 4) is 0 Å². The van der Waals surface area contributed by atoms with Gasteiger partial charge in [-0.2, -0.15) is 0 Å². The number of esters is 2. The standard InChI is InChI=1S/C21H30O5/c1-20(2,3)25-17(22)14-10-13-16(19(24)26-21(4,5)6)18(23)15-11-8-7-9-12-15/h7-9,11-12,16H,10,13-14H2,1-6H3. The number of ether oxygens (including phenoxy) is 2. The van der Waals surface area contributed by atoms with Crippen LogP contribution >= 0.6 is 0 Å². The molecule has 1 aromatic carbocycles. The molecule has 0 fully saturated rings. The maximum absolute atomic E-state index is 12.8. The van der Waals surface area contributed by atoms with Gasteiger partial charge in [-0.1, -0.05) is 30.3 Å². The van der Waals surface area contributed by atoms with E-state index in [0.717, 1.165) is 0 Å². The lowest BCUT2D eigenvalue weighted by Crippen LogP contribution is -2.33. The first-order valence-electron chi connectivity index (χ1n) is 8.93.